The highest BCUT2D eigenvalue weighted by atomic mass is 16.4. The van der Waals surface area contributed by atoms with Gasteiger partial charge < -0.3 is 31.5 Å². The molecular weight excluding hydrogens is 328 g/mol. The van der Waals surface area contributed by atoms with Crippen molar-refractivity contribution >= 4 is 18.0 Å². The fourth-order valence-corrected chi connectivity index (χ4v) is 1.89. The zero-order valence-electron chi connectivity index (χ0n) is 15.6. The number of carboxylic acids is 2. The van der Waals surface area contributed by atoms with E-state index in [9.17, 15) is 4.79 Å². The number of hydrogen-bond acceptors (Lipinski definition) is 5. The van der Waals surface area contributed by atoms with Crippen molar-refractivity contribution in [1.82, 2.24) is 21.3 Å². The molecule has 1 unspecified atom stereocenters. The minimum atomic E-state index is -0.833. The Bertz CT molecular complexity index is 340. The van der Waals surface area contributed by atoms with E-state index in [4.69, 9.17) is 19.8 Å². The van der Waals surface area contributed by atoms with E-state index in [0.29, 0.717) is 12.6 Å². The zero-order chi connectivity index (χ0) is 19.5. The molecule has 9 nitrogen and oxygen atoms in total. The highest BCUT2D eigenvalue weighted by molar-refractivity contribution is 5.73. The van der Waals surface area contributed by atoms with E-state index < -0.39 is 11.9 Å². The number of urea groups is 1. The Hall–Kier alpha value is -1.87. The molecule has 6 N–H and O–H groups in total. The van der Waals surface area contributed by atoms with Crippen molar-refractivity contribution < 1.29 is 24.6 Å². The van der Waals surface area contributed by atoms with Crippen LogP contribution >= 0.6 is 0 Å². The van der Waals surface area contributed by atoms with Crippen LogP contribution in [-0.2, 0) is 9.59 Å². The number of amides is 2. The van der Waals surface area contributed by atoms with Gasteiger partial charge in [-0.05, 0) is 6.42 Å². The Balaban J connectivity index is 0. The highest BCUT2D eigenvalue weighted by Gasteiger charge is 2.12. The standard InChI is InChI=1S/C12H26N4O.2C2H4O2/c1-2-3-4-5-6-15-12(17)16-10-11-9-13-7-8-14-11;2*1-2(3)4/h11,13-14H,2-10H2,1H3,(H2,15,16,17);2*1H3,(H,3,4). The van der Waals surface area contributed by atoms with Crippen LogP contribution < -0.4 is 21.3 Å². The number of carbonyl (C=O) groups excluding carboxylic acids is 1. The third kappa shape index (κ3) is 27.3. The monoisotopic (exact) mass is 362 g/mol. The molecule has 0 saturated carbocycles. The average molecular weight is 362 g/mol. The van der Waals surface area contributed by atoms with E-state index >= 15 is 0 Å². The molecule has 1 saturated heterocycles. The molecular formula is C16H34N4O5. The van der Waals surface area contributed by atoms with E-state index in [-0.39, 0.29) is 6.03 Å². The molecule has 1 aliphatic rings. The van der Waals surface area contributed by atoms with Crippen molar-refractivity contribution in [2.45, 2.75) is 52.5 Å². The Morgan fingerprint density at radius 2 is 1.60 bits per heavy atom. The minimum Gasteiger partial charge on any atom is -0.481 e. The number of aliphatic carboxylic acids is 2. The number of piperazine rings is 1. The summed E-state index contributed by atoms with van der Waals surface area (Å²) in [7, 11) is 0. The molecule has 0 aromatic rings. The summed E-state index contributed by atoms with van der Waals surface area (Å²) in [5.74, 6) is -1.67. The Morgan fingerprint density at radius 1 is 1.00 bits per heavy atom. The fraction of sp³-hybridized carbons (Fsp3) is 0.812. The van der Waals surface area contributed by atoms with Crippen molar-refractivity contribution in [3.8, 4) is 0 Å². The first-order chi connectivity index (χ1) is 11.8. The maximum Gasteiger partial charge on any atom is 0.314 e. The third-order valence-electron chi connectivity index (χ3n) is 2.95. The van der Waals surface area contributed by atoms with Gasteiger partial charge in [-0.3, -0.25) is 9.59 Å². The number of carbonyl (C=O) groups is 3. The van der Waals surface area contributed by atoms with Crippen LogP contribution in [0.4, 0.5) is 4.79 Å². The van der Waals surface area contributed by atoms with Crippen LogP contribution in [0.15, 0.2) is 0 Å². The second-order valence-corrected chi connectivity index (χ2v) is 5.59. The molecule has 1 fully saturated rings. The summed E-state index contributed by atoms with van der Waals surface area (Å²) in [6, 6.07) is 0.309. The van der Waals surface area contributed by atoms with E-state index in [2.05, 4.69) is 28.2 Å². The molecule has 0 aromatic carbocycles. The molecule has 1 atom stereocenters. The van der Waals surface area contributed by atoms with Crippen LogP contribution in [0.25, 0.3) is 0 Å². The van der Waals surface area contributed by atoms with E-state index in [1.54, 1.807) is 0 Å². The molecule has 9 heteroatoms. The SMILES string of the molecule is CC(=O)O.CC(=O)O.CCCCCCNC(=O)NCC1CNCCN1. The maximum atomic E-state index is 11.4. The molecule has 148 valence electrons. The summed E-state index contributed by atoms with van der Waals surface area (Å²) in [4.78, 5) is 29.4. The first kappa shape index (κ1) is 25.4. The summed E-state index contributed by atoms with van der Waals surface area (Å²) in [6.45, 7) is 8.74. The summed E-state index contributed by atoms with van der Waals surface area (Å²) in [6.07, 6.45) is 4.75. The van der Waals surface area contributed by atoms with Crippen molar-refractivity contribution in [3.05, 3.63) is 0 Å². The topological polar surface area (TPSA) is 140 Å². The Morgan fingerprint density at radius 3 is 2.08 bits per heavy atom. The van der Waals surface area contributed by atoms with E-state index in [0.717, 1.165) is 46.4 Å². The van der Waals surface area contributed by atoms with Crippen molar-refractivity contribution in [2.75, 3.05) is 32.7 Å². The lowest BCUT2D eigenvalue weighted by Crippen LogP contribution is -2.54. The maximum absolute atomic E-state index is 11.4. The lowest BCUT2D eigenvalue weighted by molar-refractivity contribution is -0.135. The Labute approximate surface area is 149 Å². The first-order valence-corrected chi connectivity index (χ1v) is 8.64. The number of unbranched alkanes of at least 4 members (excludes halogenated alkanes) is 3. The molecule has 0 aromatic heterocycles. The second kappa shape index (κ2) is 18.5. The lowest BCUT2D eigenvalue weighted by atomic mass is 10.2. The second-order valence-electron chi connectivity index (χ2n) is 5.59. The normalized spacial score (nSPS) is 15.6. The van der Waals surface area contributed by atoms with Crippen LogP contribution in [-0.4, -0.2) is 66.9 Å². The van der Waals surface area contributed by atoms with E-state index in [1.165, 1.54) is 19.3 Å². The van der Waals surface area contributed by atoms with Crippen molar-refractivity contribution in [1.29, 1.82) is 0 Å². The van der Waals surface area contributed by atoms with Gasteiger partial charge in [-0.1, -0.05) is 26.2 Å². The van der Waals surface area contributed by atoms with Crippen LogP contribution in [0.2, 0.25) is 0 Å². The van der Waals surface area contributed by atoms with Gasteiger partial charge in [0.1, 0.15) is 0 Å². The van der Waals surface area contributed by atoms with Crippen molar-refractivity contribution in [2.24, 2.45) is 0 Å². The summed E-state index contributed by atoms with van der Waals surface area (Å²) < 4.78 is 0. The van der Waals surface area contributed by atoms with Gasteiger partial charge in [0.25, 0.3) is 11.9 Å². The number of nitrogens with one attached hydrogen (secondary N) is 4. The molecule has 25 heavy (non-hydrogen) atoms. The van der Waals surface area contributed by atoms with Gasteiger partial charge in [-0.25, -0.2) is 4.79 Å². The largest absolute Gasteiger partial charge is 0.481 e. The van der Waals surface area contributed by atoms with E-state index in [1.807, 2.05) is 0 Å². The predicted octanol–water partition coefficient (Wildman–Crippen LogP) is 0.609. The van der Waals surface area contributed by atoms with Crippen LogP contribution in [0.5, 0.6) is 0 Å². The fourth-order valence-electron chi connectivity index (χ4n) is 1.89. The quantitative estimate of drug-likeness (QED) is 0.365. The van der Waals surface area contributed by atoms with Crippen molar-refractivity contribution in [3.63, 3.8) is 0 Å². The first-order valence-electron chi connectivity index (χ1n) is 8.64. The molecule has 0 bridgehead atoms. The molecule has 1 aliphatic heterocycles. The van der Waals surface area contributed by atoms with Gasteiger partial charge in [0.2, 0.25) is 0 Å². The van der Waals surface area contributed by atoms with Gasteiger partial charge >= 0.3 is 6.03 Å². The van der Waals surface area contributed by atoms with Crippen LogP contribution in [0.1, 0.15) is 46.5 Å². The summed E-state index contributed by atoms with van der Waals surface area (Å²) in [5, 5.41) is 27.3. The molecule has 1 heterocycles. The van der Waals surface area contributed by atoms with Gasteiger partial charge in [-0.2, -0.15) is 0 Å². The average Bonchev–Trinajstić information content (AvgIpc) is 2.53. The molecule has 2 amide bonds. The third-order valence-corrected chi connectivity index (χ3v) is 2.95. The molecule has 0 aliphatic carbocycles. The van der Waals surface area contributed by atoms with Gasteiger partial charge in [0.05, 0.1) is 0 Å². The summed E-state index contributed by atoms with van der Waals surface area (Å²) >= 11 is 0. The zero-order valence-corrected chi connectivity index (χ0v) is 15.6. The molecule has 0 radical (unpaired) electrons. The Kier molecular flexibility index (Phi) is 18.7. The minimum absolute atomic E-state index is 0.0473. The molecule has 1 rings (SSSR count). The summed E-state index contributed by atoms with van der Waals surface area (Å²) in [5.41, 5.74) is 0. The van der Waals surface area contributed by atoms with Crippen LogP contribution in [0.3, 0.4) is 0 Å². The number of rotatable bonds is 7. The van der Waals surface area contributed by atoms with Gasteiger partial charge in [-0.15, -0.1) is 0 Å². The highest BCUT2D eigenvalue weighted by Crippen LogP contribution is 1.96. The van der Waals surface area contributed by atoms with Gasteiger partial charge in [0.15, 0.2) is 0 Å². The van der Waals surface area contributed by atoms with Crippen LogP contribution in [0, 0.1) is 0 Å². The predicted molar refractivity (Wildman–Crippen MR) is 96.8 cm³/mol. The number of carboxylic acid groups (broad SMARTS) is 2. The smallest absolute Gasteiger partial charge is 0.314 e. The number of hydrogen-bond donors (Lipinski definition) is 6. The lowest BCUT2D eigenvalue weighted by Gasteiger charge is -2.24. The van der Waals surface area contributed by atoms with Gasteiger partial charge in [0, 0.05) is 52.6 Å². The molecule has 0 spiro atoms.